The van der Waals surface area contributed by atoms with Crippen molar-refractivity contribution in [3.8, 4) is 17.2 Å². The molecule has 1 aliphatic carbocycles. The van der Waals surface area contributed by atoms with Crippen LogP contribution >= 0.6 is 0 Å². The van der Waals surface area contributed by atoms with Gasteiger partial charge in [-0.05, 0) is 38.7 Å². The second-order valence-electron chi connectivity index (χ2n) is 8.02. The third-order valence-corrected chi connectivity index (χ3v) is 6.29. The van der Waals surface area contributed by atoms with E-state index in [1.807, 2.05) is 19.1 Å². The predicted molar refractivity (Wildman–Crippen MR) is 110 cm³/mol. The minimum absolute atomic E-state index is 0.0218. The van der Waals surface area contributed by atoms with Gasteiger partial charge in [-0.15, -0.1) is 0 Å². The van der Waals surface area contributed by atoms with Crippen LogP contribution in [-0.2, 0) is 16.0 Å². The van der Waals surface area contributed by atoms with E-state index in [4.69, 9.17) is 14.2 Å². The van der Waals surface area contributed by atoms with Crippen molar-refractivity contribution in [2.45, 2.75) is 63.5 Å². The van der Waals surface area contributed by atoms with Crippen LogP contribution in [0.3, 0.4) is 0 Å². The van der Waals surface area contributed by atoms with Crippen molar-refractivity contribution in [2.75, 3.05) is 27.9 Å². The Labute approximate surface area is 172 Å². The molecule has 160 valence electrons. The van der Waals surface area contributed by atoms with Crippen LogP contribution in [0.25, 0.3) is 0 Å². The van der Waals surface area contributed by atoms with Crippen molar-refractivity contribution < 1.29 is 23.8 Å². The van der Waals surface area contributed by atoms with Crippen LogP contribution in [0, 0.1) is 0 Å². The normalized spacial score (nSPS) is 22.1. The average Bonchev–Trinajstić information content (AvgIpc) is 3.34. The highest BCUT2D eigenvalue weighted by atomic mass is 16.5. The lowest BCUT2D eigenvalue weighted by Gasteiger charge is -2.35. The molecule has 1 saturated carbocycles. The van der Waals surface area contributed by atoms with Crippen molar-refractivity contribution in [1.29, 1.82) is 0 Å². The summed E-state index contributed by atoms with van der Waals surface area (Å²) in [5.41, 5.74) is 0.104. The molecule has 0 aromatic heterocycles. The largest absolute Gasteiger partial charge is 0.493 e. The first-order valence-corrected chi connectivity index (χ1v) is 10.3. The van der Waals surface area contributed by atoms with Gasteiger partial charge >= 0.3 is 0 Å². The number of methoxy groups -OCH3 is 3. The lowest BCUT2D eigenvalue weighted by Crippen LogP contribution is -2.56. The van der Waals surface area contributed by atoms with E-state index in [1.165, 1.54) is 0 Å². The molecule has 2 amide bonds. The third-order valence-electron chi connectivity index (χ3n) is 6.29. The molecule has 1 aliphatic heterocycles. The van der Waals surface area contributed by atoms with E-state index in [0.29, 0.717) is 43.1 Å². The maximum Gasteiger partial charge on any atom is 0.245 e. The lowest BCUT2D eigenvalue weighted by molar-refractivity contribution is -0.140. The van der Waals surface area contributed by atoms with Gasteiger partial charge in [0.2, 0.25) is 17.6 Å². The van der Waals surface area contributed by atoms with Gasteiger partial charge in [0.1, 0.15) is 5.54 Å². The fraction of sp³-hybridized carbons (Fsp3) is 0.636. The fourth-order valence-corrected chi connectivity index (χ4v) is 4.51. The second kappa shape index (κ2) is 8.93. The highest BCUT2D eigenvalue weighted by Crippen LogP contribution is 2.40. The summed E-state index contributed by atoms with van der Waals surface area (Å²) >= 11 is 0. The minimum Gasteiger partial charge on any atom is -0.493 e. The zero-order valence-electron chi connectivity index (χ0n) is 17.9. The number of carbonyl (C=O) groups is 2. The molecule has 1 heterocycles. The molecule has 0 spiro atoms. The predicted octanol–water partition coefficient (Wildman–Crippen LogP) is 2.69. The van der Waals surface area contributed by atoms with Crippen molar-refractivity contribution in [2.24, 2.45) is 0 Å². The topological polar surface area (TPSA) is 77.1 Å². The summed E-state index contributed by atoms with van der Waals surface area (Å²) in [6.07, 6.45) is 5.87. The summed E-state index contributed by atoms with van der Waals surface area (Å²) in [6.45, 7) is 2.33. The molecule has 7 nitrogen and oxygen atoms in total. The molecule has 0 radical (unpaired) electrons. The fourth-order valence-electron chi connectivity index (χ4n) is 4.51. The number of carbonyl (C=O) groups excluding carboxylic acids is 2. The highest BCUT2D eigenvalue weighted by molar-refractivity contribution is 5.94. The van der Waals surface area contributed by atoms with Gasteiger partial charge in [0.05, 0.1) is 21.3 Å². The number of hydrogen-bond donors (Lipinski definition) is 1. The minimum atomic E-state index is -0.802. The van der Waals surface area contributed by atoms with Gasteiger partial charge in [0, 0.05) is 24.6 Å². The van der Waals surface area contributed by atoms with E-state index in [9.17, 15) is 9.59 Å². The Morgan fingerprint density at radius 3 is 2.45 bits per heavy atom. The van der Waals surface area contributed by atoms with Gasteiger partial charge in [-0.1, -0.05) is 18.9 Å². The number of nitrogens with one attached hydrogen (secondary N) is 1. The van der Waals surface area contributed by atoms with E-state index in [1.54, 1.807) is 26.2 Å². The second-order valence-corrected chi connectivity index (χ2v) is 8.02. The number of benzene rings is 1. The Kier molecular flexibility index (Phi) is 6.55. The average molecular weight is 405 g/mol. The van der Waals surface area contributed by atoms with E-state index in [0.717, 1.165) is 31.2 Å². The highest BCUT2D eigenvalue weighted by Gasteiger charge is 2.47. The molecular formula is C22H32N2O5. The van der Waals surface area contributed by atoms with Crippen LogP contribution < -0.4 is 19.5 Å². The van der Waals surface area contributed by atoms with Crippen molar-refractivity contribution in [1.82, 2.24) is 10.2 Å². The molecule has 1 aromatic carbocycles. The molecule has 1 aromatic rings. The molecular weight excluding hydrogens is 372 g/mol. The van der Waals surface area contributed by atoms with Crippen LogP contribution in [0.1, 0.15) is 51.0 Å². The van der Waals surface area contributed by atoms with Gasteiger partial charge in [0.25, 0.3) is 0 Å². The Morgan fingerprint density at radius 2 is 1.83 bits per heavy atom. The number of amides is 2. The van der Waals surface area contributed by atoms with Crippen LogP contribution in [0.15, 0.2) is 12.1 Å². The SMILES string of the molecule is COc1ccc(CCN2C(=O)CC[C@@]2(C)C(=O)NC2CCCC2)c(OC)c1OC. The Morgan fingerprint density at radius 1 is 1.14 bits per heavy atom. The number of rotatable bonds is 8. The van der Waals surface area contributed by atoms with E-state index < -0.39 is 5.54 Å². The van der Waals surface area contributed by atoms with Crippen molar-refractivity contribution in [3.05, 3.63) is 17.7 Å². The number of likely N-dealkylation sites (tertiary alicyclic amines) is 1. The Hall–Kier alpha value is -2.44. The van der Waals surface area contributed by atoms with Gasteiger partial charge < -0.3 is 24.4 Å². The van der Waals surface area contributed by atoms with Gasteiger partial charge in [-0.3, -0.25) is 9.59 Å². The summed E-state index contributed by atoms with van der Waals surface area (Å²) in [6, 6.07) is 3.98. The molecule has 0 bridgehead atoms. The van der Waals surface area contributed by atoms with Crippen LogP contribution in [0.5, 0.6) is 17.2 Å². The zero-order chi connectivity index (χ0) is 21.0. The first-order chi connectivity index (χ1) is 13.9. The summed E-state index contributed by atoms with van der Waals surface area (Å²) in [4.78, 5) is 27.4. The van der Waals surface area contributed by atoms with Crippen molar-refractivity contribution in [3.63, 3.8) is 0 Å². The van der Waals surface area contributed by atoms with Crippen molar-refractivity contribution >= 4 is 11.8 Å². The van der Waals surface area contributed by atoms with Crippen LogP contribution in [0.4, 0.5) is 0 Å². The van der Waals surface area contributed by atoms with Crippen LogP contribution in [-0.4, -0.2) is 56.2 Å². The molecule has 1 N–H and O–H groups in total. The van der Waals surface area contributed by atoms with E-state index >= 15 is 0 Å². The third kappa shape index (κ3) is 4.14. The molecule has 1 atom stereocenters. The van der Waals surface area contributed by atoms with Gasteiger partial charge in [-0.2, -0.15) is 0 Å². The van der Waals surface area contributed by atoms with E-state index in [-0.39, 0.29) is 17.9 Å². The molecule has 7 heteroatoms. The first-order valence-electron chi connectivity index (χ1n) is 10.3. The Bertz CT molecular complexity index is 760. The van der Waals surface area contributed by atoms with E-state index in [2.05, 4.69) is 5.32 Å². The Balaban J connectivity index is 1.76. The van der Waals surface area contributed by atoms with Crippen LogP contribution in [0.2, 0.25) is 0 Å². The maximum absolute atomic E-state index is 13.0. The summed E-state index contributed by atoms with van der Waals surface area (Å²) in [5.74, 6) is 1.70. The summed E-state index contributed by atoms with van der Waals surface area (Å²) in [7, 11) is 4.73. The number of hydrogen-bond acceptors (Lipinski definition) is 5. The molecule has 0 unspecified atom stereocenters. The molecule has 3 rings (SSSR count). The number of ether oxygens (including phenoxy) is 3. The van der Waals surface area contributed by atoms with Gasteiger partial charge in [0.15, 0.2) is 11.5 Å². The lowest BCUT2D eigenvalue weighted by atomic mass is 9.96. The summed E-state index contributed by atoms with van der Waals surface area (Å²) < 4.78 is 16.3. The zero-order valence-corrected chi connectivity index (χ0v) is 17.9. The molecule has 1 saturated heterocycles. The first kappa shape index (κ1) is 21.3. The summed E-state index contributed by atoms with van der Waals surface area (Å²) in [5, 5.41) is 3.17. The monoisotopic (exact) mass is 404 g/mol. The smallest absolute Gasteiger partial charge is 0.245 e. The quantitative estimate of drug-likeness (QED) is 0.721. The molecule has 29 heavy (non-hydrogen) atoms. The van der Waals surface area contributed by atoms with Gasteiger partial charge in [-0.25, -0.2) is 0 Å². The standard InChI is InChI=1S/C22H32N2O5/c1-22(21(26)23-16-7-5-6-8-16)13-11-18(25)24(22)14-12-15-9-10-17(27-2)20(29-4)19(15)28-3/h9-10,16H,5-8,11-14H2,1-4H3,(H,23,26)/t22-/m0/s1. The molecule has 2 aliphatic rings. The maximum atomic E-state index is 13.0. The number of nitrogens with zero attached hydrogens (tertiary/aromatic N) is 1. The molecule has 2 fully saturated rings.